The average molecular weight is 159 g/mol. The Morgan fingerprint density at radius 2 is 1.90 bits per heavy atom. The molecule has 0 spiro atoms. The quantitative estimate of drug-likeness (QED) is 0.605. The zero-order chi connectivity index (χ0) is 7.82. The van der Waals surface area contributed by atoms with E-state index in [1.165, 1.54) is 0 Å². The molecule has 1 nitrogen and oxygen atoms in total. The van der Waals surface area contributed by atoms with Crippen molar-refractivity contribution in [2.75, 3.05) is 25.9 Å². The molecular weight excluding hydrogens is 142 g/mol. The van der Waals surface area contributed by atoms with E-state index in [4.69, 9.17) is 0 Å². The lowest BCUT2D eigenvalue weighted by molar-refractivity contribution is 0.337. The molecule has 0 unspecified atom stereocenters. The van der Waals surface area contributed by atoms with Gasteiger partial charge in [-0.25, -0.2) is 0 Å². The Hall–Kier alpha value is 0.0500. The van der Waals surface area contributed by atoms with Gasteiger partial charge in [-0.2, -0.15) is 0 Å². The van der Waals surface area contributed by atoms with Crippen LogP contribution in [0.25, 0.3) is 0 Å². The molecule has 0 radical (unpaired) electrons. The van der Waals surface area contributed by atoms with Gasteiger partial charge >= 0.3 is 0 Å². The lowest BCUT2D eigenvalue weighted by atomic mass is 10.5. The summed E-state index contributed by atoms with van der Waals surface area (Å²) < 4.78 is 0. The van der Waals surface area contributed by atoms with Crippen LogP contribution in [0.15, 0.2) is 11.5 Å². The lowest BCUT2D eigenvalue weighted by Gasteiger charge is -2.14. The van der Waals surface area contributed by atoms with Crippen LogP contribution in [0.2, 0.25) is 0 Å². The highest BCUT2D eigenvalue weighted by atomic mass is 32.2. The van der Waals surface area contributed by atoms with Gasteiger partial charge in [-0.05, 0) is 24.8 Å². The third-order valence-electron chi connectivity index (χ3n) is 1.49. The molecule has 0 aliphatic rings. The molecule has 0 rings (SSSR count). The minimum atomic E-state index is 1.09. The van der Waals surface area contributed by atoms with Gasteiger partial charge in [-0.3, -0.25) is 0 Å². The van der Waals surface area contributed by atoms with Crippen molar-refractivity contribution in [3.63, 3.8) is 0 Å². The summed E-state index contributed by atoms with van der Waals surface area (Å²) in [6.45, 7) is 7.77. The van der Waals surface area contributed by atoms with Gasteiger partial charge in [0.15, 0.2) is 0 Å². The minimum absolute atomic E-state index is 1.09. The smallest absolute Gasteiger partial charge is 0.0170 e. The summed E-state index contributed by atoms with van der Waals surface area (Å²) in [6.07, 6.45) is 4.29. The van der Waals surface area contributed by atoms with Gasteiger partial charge in [0, 0.05) is 6.54 Å². The molecular formula is C8H17NS. The van der Waals surface area contributed by atoms with Gasteiger partial charge in [-0.1, -0.05) is 19.9 Å². The van der Waals surface area contributed by atoms with Crippen LogP contribution >= 0.6 is 11.8 Å². The highest BCUT2D eigenvalue weighted by molar-refractivity contribution is 8.01. The summed E-state index contributed by atoms with van der Waals surface area (Å²) in [7, 11) is 0. The van der Waals surface area contributed by atoms with Crippen LogP contribution in [0.3, 0.4) is 0 Å². The molecule has 0 saturated carbocycles. The molecule has 60 valence electrons. The van der Waals surface area contributed by atoms with Crippen molar-refractivity contribution < 1.29 is 0 Å². The van der Waals surface area contributed by atoms with E-state index in [0.717, 1.165) is 19.6 Å². The van der Waals surface area contributed by atoms with Crippen molar-refractivity contribution >= 4 is 11.8 Å². The predicted octanol–water partition coefficient (Wildman–Crippen LogP) is 2.20. The SMILES string of the molecule is CCN(CC)CC=CSC. The van der Waals surface area contributed by atoms with E-state index < -0.39 is 0 Å². The Bertz CT molecular complexity index is 87.3. The fourth-order valence-corrected chi connectivity index (χ4v) is 1.05. The third-order valence-corrected chi connectivity index (χ3v) is 1.95. The zero-order valence-corrected chi connectivity index (χ0v) is 7.95. The van der Waals surface area contributed by atoms with E-state index in [1.54, 1.807) is 11.8 Å². The molecule has 10 heavy (non-hydrogen) atoms. The molecule has 0 aromatic carbocycles. The average Bonchev–Trinajstić information content (AvgIpc) is 1.99. The number of hydrogen-bond donors (Lipinski definition) is 0. The summed E-state index contributed by atoms with van der Waals surface area (Å²) in [5.74, 6) is 0. The molecule has 0 saturated heterocycles. The van der Waals surface area contributed by atoms with Crippen molar-refractivity contribution in [2.24, 2.45) is 0 Å². The Morgan fingerprint density at radius 3 is 2.30 bits per heavy atom. The highest BCUT2D eigenvalue weighted by Gasteiger charge is 1.92. The first-order valence-electron chi connectivity index (χ1n) is 3.75. The van der Waals surface area contributed by atoms with Gasteiger partial charge < -0.3 is 4.90 Å². The van der Waals surface area contributed by atoms with Crippen molar-refractivity contribution in [1.29, 1.82) is 0 Å². The maximum absolute atomic E-state index is 2.38. The first-order valence-corrected chi connectivity index (χ1v) is 5.04. The maximum atomic E-state index is 2.38. The lowest BCUT2D eigenvalue weighted by Crippen LogP contribution is -2.22. The first kappa shape index (κ1) is 10.0. The molecule has 0 heterocycles. The van der Waals surface area contributed by atoms with Crippen LogP contribution in [0, 0.1) is 0 Å². The fraction of sp³-hybridized carbons (Fsp3) is 0.750. The summed E-state index contributed by atoms with van der Waals surface area (Å²) in [6, 6.07) is 0. The first-order chi connectivity index (χ1) is 4.85. The van der Waals surface area contributed by atoms with Crippen molar-refractivity contribution in [3.8, 4) is 0 Å². The Balaban J connectivity index is 3.34. The van der Waals surface area contributed by atoms with Crippen molar-refractivity contribution in [3.05, 3.63) is 11.5 Å². The normalized spacial score (nSPS) is 11.6. The number of thioether (sulfide) groups is 1. The molecule has 0 aliphatic heterocycles. The second-order valence-corrected chi connectivity index (χ2v) is 2.84. The van der Waals surface area contributed by atoms with Crippen molar-refractivity contribution in [2.45, 2.75) is 13.8 Å². The molecule has 0 aromatic heterocycles. The highest BCUT2D eigenvalue weighted by Crippen LogP contribution is 1.94. The molecule has 0 aliphatic carbocycles. The third kappa shape index (κ3) is 4.89. The largest absolute Gasteiger partial charge is 0.300 e. The van der Waals surface area contributed by atoms with Gasteiger partial charge in [-0.15, -0.1) is 11.8 Å². The van der Waals surface area contributed by atoms with E-state index in [-0.39, 0.29) is 0 Å². The minimum Gasteiger partial charge on any atom is -0.300 e. The van der Waals surface area contributed by atoms with E-state index in [0.29, 0.717) is 0 Å². The fourth-order valence-electron chi connectivity index (χ4n) is 0.770. The second kappa shape index (κ2) is 7.16. The van der Waals surface area contributed by atoms with Gasteiger partial charge in [0.25, 0.3) is 0 Å². The second-order valence-electron chi connectivity index (χ2n) is 2.09. The molecule has 0 aromatic rings. The van der Waals surface area contributed by atoms with Crippen molar-refractivity contribution in [1.82, 2.24) is 4.90 Å². The molecule has 0 fully saturated rings. The standard InChI is InChI=1S/C8H17NS/c1-4-9(5-2)7-6-8-10-3/h6,8H,4-5,7H2,1-3H3. The maximum Gasteiger partial charge on any atom is 0.0170 e. The monoisotopic (exact) mass is 159 g/mol. The summed E-state index contributed by atoms with van der Waals surface area (Å²) in [4.78, 5) is 2.38. The van der Waals surface area contributed by atoms with Crippen LogP contribution in [0.5, 0.6) is 0 Å². The summed E-state index contributed by atoms with van der Waals surface area (Å²) in [5, 5.41) is 2.14. The molecule has 2 heteroatoms. The molecule has 0 N–H and O–H groups in total. The summed E-state index contributed by atoms with van der Waals surface area (Å²) >= 11 is 1.76. The van der Waals surface area contributed by atoms with Gasteiger partial charge in [0.1, 0.15) is 0 Å². The van der Waals surface area contributed by atoms with Crippen LogP contribution < -0.4 is 0 Å². The molecule has 0 atom stereocenters. The Labute approximate surface area is 68.5 Å². The number of rotatable bonds is 5. The number of likely N-dealkylation sites (N-methyl/N-ethyl adjacent to an activating group) is 1. The van der Waals surface area contributed by atoms with E-state index in [1.807, 2.05) is 0 Å². The van der Waals surface area contributed by atoms with Gasteiger partial charge in [0.05, 0.1) is 0 Å². The van der Waals surface area contributed by atoms with Crippen LogP contribution in [-0.4, -0.2) is 30.8 Å². The van der Waals surface area contributed by atoms with Gasteiger partial charge in [0.2, 0.25) is 0 Å². The molecule has 0 amide bonds. The van der Waals surface area contributed by atoms with E-state index in [2.05, 4.69) is 36.5 Å². The van der Waals surface area contributed by atoms with Crippen LogP contribution in [0.1, 0.15) is 13.8 Å². The van der Waals surface area contributed by atoms with Crippen LogP contribution in [-0.2, 0) is 0 Å². The van der Waals surface area contributed by atoms with Crippen LogP contribution in [0.4, 0.5) is 0 Å². The summed E-state index contributed by atoms with van der Waals surface area (Å²) in [5.41, 5.74) is 0. The van der Waals surface area contributed by atoms with E-state index in [9.17, 15) is 0 Å². The Morgan fingerprint density at radius 1 is 1.30 bits per heavy atom. The Kier molecular flexibility index (Phi) is 7.20. The predicted molar refractivity (Wildman–Crippen MR) is 50.4 cm³/mol. The van der Waals surface area contributed by atoms with E-state index >= 15 is 0 Å². The topological polar surface area (TPSA) is 3.24 Å². The zero-order valence-electron chi connectivity index (χ0n) is 7.13. The number of hydrogen-bond acceptors (Lipinski definition) is 2. The number of nitrogens with zero attached hydrogens (tertiary/aromatic N) is 1. The molecule has 0 bridgehead atoms.